The van der Waals surface area contributed by atoms with Gasteiger partial charge < -0.3 is 15.6 Å². The van der Waals surface area contributed by atoms with Crippen LogP contribution in [0.3, 0.4) is 0 Å². The molecule has 3 aromatic rings. The van der Waals surface area contributed by atoms with E-state index in [2.05, 4.69) is 34.8 Å². The molecule has 1 aromatic carbocycles. The van der Waals surface area contributed by atoms with Crippen LogP contribution in [-0.2, 0) is 27.3 Å². The number of thioether (sulfide) groups is 1. The fourth-order valence-electron chi connectivity index (χ4n) is 8.45. The molecule has 2 amide bonds. The predicted molar refractivity (Wildman–Crippen MR) is 199 cm³/mol. The lowest BCUT2D eigenvalue weighted by Crippen LogP contribution is -2.39. The fourth-order valence-corrected chi connectivity index (χ4v) is 9.66. The van der Waals surface area contributed by atoms with E-state index in [4.69, 9.17) is 10.7 Å². The van der Waals surface area contributed by atoms with E-state index in [1.54, 1.807) is 0 Å². The molecule has 4 unspecified atom stereocenters. The molecule has 0 spiro atoms. The summed E-state index contributed by atoms with van der Waals surface area (Å²) in [7, 11) is 0. The molecule has 266 valence electrons. The van der Waals surface area contributed by atoms with Gasteiger partial charge >= 0.3 is 0 Å². The average molecular weight is 689 g/mol. The van der Waals surface area contributed by atoms with Gasteiger partial charge in [0, 0.05) is 49.0 Å². The Morgan fingerprint density at radius 2 is 1.61 bits per heavy atom. The van der Waals surface area contributed by atoms with Gasteiger partial charge in [0.15, 0.2) is 11.6 Å². The van der Waals surface area contributed by atoms with Crippen LogP contribution in [0.5, 0.6) is 0 Å². The zero-order valence-corrected chi connectivity index (χ0v) is 30.4. The molecule has 3 fully saturated rings. The van der Waals surface area contributed by atoms with Crippen molar-refractivity contribution in [2.75, 3.05) is 18.0 Å². The second-order valence-electron chi connectivity index (χ2n) is 14.7. The summed E-state index contributed by atoms with van der Waals surface area (Å²) >= 11 is 1.49. The predicted octanol–water partition coefficient (Wildman–Crippen LogP) is 7.23. The molecule has 1 saturated carbocycles. The van der Waals surface area contributed by atoms with Crippen molar-refractivity contribution in [3.8, 4) is 0 Å². The third-order valence-electron chi connectivity index (χ3n) is 11.3. The second kappa shape index (κ2) is 16.8. The van der Waals surface area contributed by atoms with Gasteiger partial charge in [-0.2, -0.15) is 0 Å². The summed E-state index contributed by atoms with van der Waals surface area (Å²) in [5.74, 6) is 2.61. The van der Waals surface area contributed by atoms with Crippen molar-refractivity contribution in [2.24, 2.45) is 11.8 Å². The number of carbonyl (C=O) groups is 3. The van der Waals surface area contributed by atoms with Crippen LogP contribution >= 0.6 is 11.8 Å². The number of pyridine rings is 1. The van der Waals surface area contributed by atoms with Gasteiger partial charge in [0.05, 0.1) is 22.3 Å². The van der Waals surface area contributed by atoms with Crippen molar-refractivity contribution in [3.05, 3.63) is 30.1 Å². The number of imidazole rings is 1. The number of nitrogen functional groups attached to an aromatic ring is 1. The van der Waals surface area contributed by atoms with Crippen LogP contribution in [0, 0.1) is 11.8 Å². The van der Waals surface area contributed by atoms with Crippen molar-refractivity contribution in [1.82, 2.24) is 24.8 Å². The number of aromatic nitrogens is 3. The Bertz CT molecular complexity index is 1610. The third kappa shape index (κ3) is 8.16. The van der Waals surface area contributed by atoms with Gasteiger partial charge in [0.1, 0.15) is 11.3 Å². The lowest BCUT2D eigenvalue weighted by atomic mass is 9.83. The Kier molecular flexibility index (Phi) is 12.3. The fraction of sp³-hybridized carbons (Fsp3) is 0.667. The van der Waals surface area contributed by atoms with Gasteiger partial charge in [-0.15, -0.1) is 11.8 Å². The van der Waals surface area contributed by atoms with E-state index < -0.39 is 5.25 Å². The number of nitrogens with one attached hydrogen (secondary N) is 1. The first-order valence-corrected chi connectivity index (χ1v) is 20.2. The summed E-state index contributed by atoms with van der Waals surface area (Å²) in [6.07, 6.45) is 17.5. The summed E-state index contributed by atoms with van der Waals surface area (Å²) in [6, 6.07) is 8.01. The van der Waals surface area contributed by atoms with Crippen LogP contribution in [0.2, 0.25) is 0 Å². The number of imide groups is 1. The molecule has 4 heterocycles. The molecule has 3 N–H and O–H groups in total. The van der Waals surface area contributed by atoms with Crippen LogP contribution in [0.25, 0.3) is 21.9 Å². The van der Waals surface area contributed by atoms with E-state index in [0.29, 0.717) is 30.5 Å². The topological polar surface area (TPSA) is 123 Å². The van der Waals surface area contributed by atoms with Crippen LogP contribution in [0.1, 0.15) is 116 Å². The smallest absolute Gasteiger partial charge is 0.242 e. The number of para-hydroxylation sites is 1. The van der Waals surface area contributed by atoms with E-state index in [1.807, 2.05) is 18.2 Å². The molecule has 6 rings (SSSR count). The lowest BCUT2D eigenvalue weighted by molar-refractivity contribution is -0.138. The number of ketones is 1. The quantitative estimate of drug-likeness (QED) is 0.151. The molecule has 2 aliphatic heterocycles. The average Bonchev–Trinajstić information content (AvgIpc) is 3.69. The maximum Gasteiger partial charge on any atom is 0.242 e. The standard InChI is InChI=1S/C39H56N6O3S/c1-3-4-21-32-43-35-36(28-19-13-14-20-29(28)42-38(35)40)44(32)22-15-16-23-45-33(46)24-31(39(45)48)49-25-30-37(47)26(2)34(41-30)27-17-11-9-7-5-6-8-10-12-18-27/h13-14,19-20,26-27,30-31,34,41H,3-12,15-18,21-25H2,1-2H3,(H2,40,42). The monoisotopic (exact) mass is 688 g/mol. The first-order chi connectivity index (χ1) is 23.9. The zero-order chi connectivity index (χ0) is 34.3. The first-order valence-electron chi connectivity index (χ1n) is 19.2. The van der Waals surface area contributed by atoms with Crippen molar-refractivity contribution in [2.45, 2.75) is 140 Å². The number of fused-ring (bicyclic) bond motifs is 3. The number of carbonyl (C=O) groups excluding carboxylic acids is 3. The zero-order valence-electron chi connectivity index (χ0n) is 29.6. The number of anilines is 1. The summed E-state index contributed by atoms with van der Waals surface area (Å²) in [6.45, 7) is 5.41. The molecule has 10 heteroatoms. The molecular formula is C39H56N6O3S. The first kappa shape index (κ1) is 35.8. The summed E-state index contributed by atoms with van der Waals surface area (Å²) < 4.78 is 2.28. The third-order valence-corrected chi connectivity index (χ3v) is 12.6. The highest BCUT2D eigenvalue weighted by atomic mass is 32.2. The molecule has 2 aromatic heterocycles. The molecule has 2 saturated heterocycles. The van der Waals surface area contributed by atoms with Crippen LogP contribution in [0.4, 0.5) is 5.82 Å². The van der Waals surface area contributed by atoms with E-state index in [0.717, 1.165) is 60.0 Å². The molecule has 4 atom stereocenters. The number of likely N-dealkylation sites (tertiary alicyclic amines) is 1. The maximum absolute atomic E-state index is 13.4. The molecule has 0 bridgehead atoms. The number of Topliss-reactive ketones (excluding diaryl/α,β-unsaturated/α-hetero) is 1. The number of benzene rings is 1. The van der Waals surface area contributed by atoms with E-state index in [1.165, 1.54) is 80.9 Å². The molecule has 1 aliphatic carbocycles. The summed E-state index contributed by atoms with van der Waals surface area (Å²) in [5, 5.41) is 4.35. The molecular weight excluding hydrogens is 633 g/mol. The number of rotatable bonds is 12. The van der Waals surface area contributed by atoms with E-state index in [9.17, 15) is 14.4 Å². The van der Waals surface area contributed by atoms with Gasteiger partial charge in [0.25, 0.3) is 0 Å². The number of nitrogens with two attached hydrogens (primary N) is 1. The van der Waals surface area contributed by atoms with Gasteiger partial charge in [-0.3, -0.25) is 19.3 Å². The highest BCUT2D eigenvalue weighted by molar-refractivity contribution is 8.00. The lowest BCUT2D eigenvalue weighted by Gasteiger charge is -2.27. The van der Waals surface area contributed by atoms with Crippen LogP contribution in [-0.4, -0.2) is 66.7 Å². The minimum absolute atomic E-state index is 0.000985. The maximum atomic E-state index is 13.4. The molecule has 9 nitrogen and oxygen atoms in total. The van der Waals surface area contributed by atoms with E-state index >= 15 is 0 Å². The van der Waals surface area contributed by atoms with Crippen molar-refractivity contribution in [1.29, 1.82) is 0 Å². The molecule has 3 aliphatic rings. The number of hydrogen-bond donors (Lipinski definition) is 2. The second-order valence-corrected chi connectivity index (χ2v) is 15.9. The van der Waals surface area contributed by atoms with Gasteiger partial charge in [-0.05, 0) is 44.1 Å². The summed E-state index contributed by atoms with van der Waals surface area (Å²) in [5.41, 5.74) is 8.98. The Morgan fingerprint density at radius 3 is 2.35 bits per heavy atom. The number of hydrogen-bond acceptors (Lipinski definition) is 8. The Hall–Kier alpha value is -2.98. The van der Waals surface area contributed by atoms with Crippen molar-refractivity contribution < 1.29 is 14.4 Å². The van der Waals surface area contributed by atoms with Crippen LogP contribution < -0.4 is 11.1 Å². The minimum atomic E-state index is -0.408. The van der Waals surface area contributed by atoms with Gasteiger partial charge in [0.2, 0.25) is 11.8 Å². The highest BCUT2D eigenvalue weighted by Crippen LogP contribution is 2.34. The highest BCUT2D eigenvalue weighted by Gasteiger charge is 2.44. The largest absolute Gasteiger partial charge is 0.382 e. The number of amides is 2. The number of unbranched alkanes of at least 4 members (excludes halogenated alkanes) is 2. The Morgan fingerprint density at radius 1 is 0.918 bits per heavy atom. The number of aryl methyl sites for hydroxylation is 2. The van der Waals surface area contributed by atoms with Gasteiger partial charge in [-0.25, -0.2) is 9.97 Å². The van der Waals surface area contributed by atoms with Crippen molar-refractivity contribution >= 4 is 57.1 Å². The normalized spacial score (nSPS) is 24.8. The molecule has 49 heavy (non-hydrogen) atoms. The molecule has 0 radical (unpaired) electrons. The Labute approximate surface area is 295 Å². The van der Waals surface area contributed by atoms with Crippen LogP contribution in [0.15, 0.2) is 24.3 Å². The summed E-state index contributed by atoms with van der Waals surface area (Å²) in [4.78, 5) is 50.8. The SMILES string of the molecule is CCCCc1nc2c(N)nc3ccccc3c2n1CCCCN1C(=O)CC(SCC2NC(C3CCCCCCCCCC3)C(C)C2=O)C1=O. The Balaban J connectivity index is 1.03. The minimum Gasteiger partial charge on any atom is -0.382 e. The number of nitrogens with zero attached hydrogens (tertiary/aromatic N) is 4. The van der Waals surface area contributed by atoms with Crippen molar-refractivity contribution in [3.63, 3.8) is 0 Å². The van der Waals surface area contributed by atoms with E-state index in [-0.39, 0.29) is 42.0 Å². The van der Waals surface area contributed by atoms with Gasteiger partial charge in [-0.1, -0.05) is 89.8 Å².